The summed E-state index contributed by atoms with van der Waals surface area (Å²) in [6, 6.07) is 23.1. The SMILES string of the molecule is Cc1cccc(C(CC(=O)NCC2CCNCC2)c2cn(Cc3ccccc3)c3ncccc23)c1.Cl. The van der Waals surface area contributed by atoms with Gasteiger partial charge >= 0.3 is 0 Å². The highest BCUT2D eigenvalue weighted by Gasteiger charge is 2.24. The lowest BCUT2D eigenvalue weighted by molar-refractivity contribution is -0.121. The number of aromatic nitrogens is 2. The molecule has 1 saturated heterocycles. The van der Waals surface area contributed by atoms with Crippen LogP contribution in [0.4, 0.5) is 0 Å². The molecule has 2 aromatic carbocycles. The first-order valence-electron chi connectivity index (χ1n) is 12.7. The van der Waals surface area contributed by atoms with Crippen molar-refractivity contribution >= 4 is 29.3 Å². The Hall–Kier alpha value is -3.15. The van der Waals surface area contributed by atoms with Crippen LogP contribution in [0, 0.1) is 12.8 Å². The minimum absolute atomic E-state index is 0. The van der Waals surface area contributed by atoms with E-state index in [0.29, 0.717) is 12.3 Å². The summed E-state index contributed by atoms with van der Waals surface area (Å²) < 4.78 is 2.22. The number of amides is 1. The Morgan fingerprint density at radius 3 is 2.67 bits per heavy atom. The van der Waals surface area contributed by atoms with Crippen LogP contribution in [-0.2, 0) is 11.3 Å². The third kappa shape index (κ3) is 6.15. The molecule has 0 spiro atoms. The smallest absolute Gasteiger partial charge is 0.220 e. The molecule has 1 fully saturated rings. The molecule has 3 heterocycles. The second-order valence-electron chi connectivity index (χ2n) is 9.74. The van der Waals surface area contributed by atoms with Crippen molar-refractivity contribution in [1.82, 2.24) is 20.2 Å². The predicted molar refractivity (Wildman–Crippen MR) is 149 cm³/mol. The van der Waals surface area contributed by atoms with Crippen LogP contribution in [0.15, 0.2) is 79.1 Å². The third-order valence-corrected chi connectivity index (χ3v) is 7.12. The summed E-state index contributed by atoms with van der Waals surface area (Å²) in [6.07, 6.45) is 6.73. The van der Waals surface area contributed by atoms with Gasteiger partial charge in [0.05, 0.1) is 0 Å². The summed E-state index contributed by atoms with van der Waals surface area (Å²) in [5, 5.41) is 7.75. The van der Waals surface area contributed by atoms with Crippen LogP contribution in [0.1, 0.15) is 47.4 Å². The monoisotopic (exact) mass is 502 g/mol. The number of halogens is 1. The number of hydrogen-bond acceptors (Lipinski definition) is 3. The highest BCUT2D eigenvalue weighted by atomic mass is 35.5. The van der Waals surface area contributed by atoms with Crippen molar-refractivity contribution in [3.8, 4) is 0 Å². The van der Waals surface area contributed by atoms with E-state index >= 15 is 0 Å². The van der Waals surface area contributed by atoms with Crippen molar-refractivity contribution < 1.29 is 4.79 Å². The van der Waals surface area contributed by atoms with E-state index in [9.17, 15) is 4.79 Å². The van der Waals surface area contributed by atoms with Crippen molar-refractivity contribution in [1.29, 1.82) is 0 Å². The standard InChI is InChI=1S/C30H34N4O.ClH/c1-22-7-5-10-25(17-22)27(18-29(35)33-19-23-12-15-31-16-13-23)28-21-34(20-24-8-3-2-4-9-24)30-26(28)11-6-14-32-30;/h2-11,14,17,21,23,27,31H,12-13,15-16,18-20H2,1H3,(H,33,35);1H. The summed E-state index contributed by atoms with van der Waals surface area (Å²) in [7, 11) is 0. The van der Waals surface area contributed by atoms with Gasteiger partial charge in [0, 0.05) is 43.2 Å². The Balaban J connectivity index is 0.00000304. The molecule has 0 saturated carbocycles. The molecule has 1 aliphatic rings. The Morgan fingerprint density at radius 1 is 1.08 bits per heavy atom. The van der Waals surface area contributed by atoms with E-state index in [1.807, 2.05) is 18.3 Å². The largest absolute Gasteiger partial charge is 0.356 e. The van der Waals surface area contributed by atoms with Gasteiger partial charge in [-0.25, -0.2) is 4.98 Å². The van der Waals surface area contributed by atoms with Crippen molar-refractivity contribution in [2.24, 2.45) is 5.92 Å². The Kier molecular flexibility index (Phi) is 8.79. The van der Waals surface area contributed by atoms with E-state index in [1.54, 1.807) is 0 Å². The zero-order valence-corrected chi connectivity index (χ0v) is 21.6. The second-order valence-corrected chi connectivity index (χ2v) is 9.74. The maximum absolute atomic E-state index is 13.2. The molecule has 0 aliphatic carbocycles. The number of aryl methyl sites for hydroxylation is 1. The number of nitrogens with zero attached hydrogens (tertiary/aromatic N) is 2. The Bertz CT molecular complexity index is 1280. The summed E-state index contributed by atoms with van der Waals surface area (Å²) in [5.41, 5.74) is 5.72. The molecule has 4 aromatic rings. The van der Waals surface area contributed by atoms with Gasteiger partial charge in [-0.1, -0.05) is 60.2 Å². The van der Waals surface area contributed by atoms with Crippen LogP contribution in [0.3, 0.4) is 0 Å². The first-order valence-corrected chi connectivity index (χ1v) is 12.7. The summed E-state index contributed by atoms with van der Waals surface area (Å²) in [5.74, 6) is 0.643. The molecule has 2 aromatic heterocycles. The molecule has 6 heteroatoms. The zero-order valence-electron chi connectivity index (χ0n) is 20.8. The third-order valence-electron chi connectivity index (χ3n) is 7.12. The lowest BCUT2D eigenvalue weighted by Crippen LogP contribution is -2.36. The number of hydrogen-bond donors (Lipinski definition) is 2. The van der Waals surface area contributed by atoms with E-state index in [4.69, 9.17) is 4.98 Å². The van der Waals surface area contributed by atoms with Crippen molar-refractivity contribution in [3.05, 3.63) is 101 Å². The van der Waals surface area contributed by atoms with Gasteiger partial charge in [-0.05, 0) is 67.6 Å². The minimum Gasteiger partial charge on any atom is -0.356 e. The Morgan fingerprint density at radius 2 is 1.89 bits per heavy atom. The van der Waals surface area contributed by atoms with Crippen LogP contribution < -0.4 is 10.6 Å². The molecule has 1 amide bonds. The first-order chi connectivity index (χ1) is 17.2. The van der Waals surface area contributed by atoms with E-state index in [1.165, 1.54) is 16.7 Å². The fourth-order valence-electron chi connectivity index (χ4n) is 5.22. The van der Waals surface area contributed by atoms with Gasteiger partial charge in [0.2, 0.25) is 5.91 Å². The van der Waals surface area contributed by atoms with Crippen LogP contribution in [0.5, 0.6) is 0 Å². The van der Waals surface area contributed by atoms with Crippen LogP contribution >= 0.6 is 12.4 Å². The van der Waals surface area contributed by atoms with Crippen LogP contribution in [0.25, 0.3) is 11.0 Å². The van der Waals surface area contributed by atoms with Gasteiger partial charge in [-0.3, -0.25) is 4.79 Å². The Labute approximate surface area is 219 Å². The minimum atomic E-state index is -0.0355. The van der Waals surface area contributed by atoms with Crippen molar-refractivity contribution in [3.63, 3.8) is 0 Å². The second kappa shape index (κ2) is 12.2. The van der Waals surface area contributed by atoms with E-state index < -0.39 is 0 Å². The summed E-state index contributed by atoms with van der Waals surface area (Å²) in [6.45, 7) is 5.70. The number of piperidine rings is 1. The molecule has 1 aliphatic heterocycles. The highest BCUT2D eigenvalue weighted by molar-refractivity contribution is 5.85. The van der Waals surface area contributed by atoms with Crippen molar-refractivity contribution in [2.75, 3.05) is 19.6 Å². The van der Waals surface area contributed by atoms with Gasteiger partial charge in [0.25, 0.3) is 0 Å². The summed E-state index contributed by atoms with van der Waals surface area (Å²) in [4.78, 5) is 17.9. The normalized spacial score (nSPS) is 14.8. The molecule has 36 heavy (non-hydrogen) atoms. The first kappa shape index (κ1) is 25.9. The van der Waals surface area contributed by atoms with Gasteiger partial charge in [-0.15, -0.1) is 12.4 Å². The number of benzene rings is 2. The molecular weight excluding hydrogens is 468 g/mol. The molecule has 2 N–H and O–H groups in total. The van der Waals surface area contributed by atoms with Gasteiger partial charge in [-0.2, -0.15) is 0 Å². The number of pyridine rings is 1. The fraction of sp³-hybridized carbons (Fsp3) is 0.333. The molecule has 5 nitrogen and oxygen atoms in total. The van der Waals surface area contributed by atoms with E-state index in [-0.39, 0.29) is 24.2 Å². The van der Waals surface area contributed by atoms with Crippen LogP contribution in [0.2, 0.25) is 0 Å². The van der Waals surface area contributed by atoms with Gasteiger partial charge in [0.1, 0.15) is 5.65 Å². The molecule has 0 bridgehead atoms. The average molecular weight is 503 g/mol. The molecule has 1 atom stereocenters. The van der Waals surface area contributed by atoms with Gasteiger partial charge < -0.3 is 15.2 Å². The molecule has 188 valence electrons. The summed E-state index contributed by atoms with van der Waals surface area (Å²) >= 11 is 0. The lowest BCUT2D eigenvalue weighted by atomic mass is 9.87. The molecule has 0 radical (unpaired) electrons. The predicted octanol–water partition coefficient (Wildman–Crippen LogP) is 5.45. The number of fused-ring (bicyclic) bond motifs is 1. The number of rotatable bonds is 8. The molecular formula is C30H35ClN4O. The maximum Gasteiger partial charge on any atom is 0.220 e. The molecule has 5 rings (SSSR count). The number of nitrogens with one attached hydrogen (secondary N) is 2. The number of carbonyl (C=O) groups excluding carboxylic acids is 1. The fourth-order valence-corrected chi connectivity index (χ4v) is 5.22. The van der Waals surface area contributed by atoms with Gasteiger partial charge in [0.15, 0.2) is 0 Å². The highest BCUT2D eigenvalue weighted by Crippen LogP contribution is 2.35. The average Bonchev–Trinajstić information content (AvgIpc) is 3.25. The maximum atomic E-state index is 13.2. The zero-order chi connectivity index (χ0) is 24.0. The van der Waals surface area contributed by atoms with E-state index in [0.717, 1.165) is 55.6 Å². The topological polar surface area (TPSA) is 59.0 Å². The van der Waals surface area contributed by atoms with E-state index in [2.05, 4.69) is 82.9 Å². The lowest BCUT2D eigenvalue weighted by Gasteiger charge is -2.23. The quantitative estimate of drug-likeness (QED) is 0.336. The van der Waals surface area contributed by atoms with Crippen molar-refractivity contribution in [2.45, 2.75) is 38.6 Å². The molecule has 1 unspecified atom stereocenters. The van der Waals surface area contributed by atoms with Crippen LogP contribution in [-0.4, -0.2) is 35.1 Å². The number of carbonyl (C=O) groups is 1.